The maximum atomic E-state index is 12.4. The number of carbonyl (C=O) groups is 1. The third kappa shape index (κ3) is 4.42. The van der Waals surface area contributed by atoms with E-state index in [-0.39, 0.29) is 20.2 Å². The lowest BCUT2D eigenvalue weighted by Crippen LogP contribution is -2.07. The van der Waals surface area contributed by atoms with Gasteiger partial charge in [-0.05, 0) is 48.2 Å². The van der Waals surface area contributed by atoms with Crippen molar-refractivity contribution in [2.24, 2.45) is 0 Å². The van der Waals surface area contributed by atoms with Crippen LogP contribution in [0.1, 0.15) is 27.9 Å². The molecule has 5 rings (SSSR count). The Balaban J connectivity index is 1.19. The quantitative estimate of drug-likeness (QED) is 0.381. The van der Waals surface area contributed by atoms with Crippen molar-refractivity contribution in [2.75, 3.05) is 20.2 Å². The van der Waals surface area contributed by atoms with Crippen molar-refractivity contribution in [3.05, 3.63) is 77.4 Å². The van der Waals surface area contributed by atoms with Crippen LogP contribution in [0.4, 0.5) is 0 Å². The van der Waals surface area contributed by atoms with Gasteiger partial charge in [0.1, 0.15) is 12.4 Å². The normalized spacial score (nSPS) is 13.1. The molecule has 7 heteroatoms. The molecule has 2 heterocycles. The molecule has 0 N–H and O–H groups in total. The number of aryl methyl sites for hydroxylation is 1. The van der Waals surface area contributed by atoms with Crippen LogP contribution in [-0.2, 0) is 17.8 Å². The monoisotopic (exact) mass is 434 g/mol. The number of hydrogen-bond donors (Lipinski definition) is 0. The maximum absolute atomic E-state index is 12.4. The summed E-state index contributed by atoms with van der Waals surface area (Å²) in [6, 6.07) is 18.8. The van der Waals surface area contributed by atoms with E-state index in [4.69, 9.17) is 28.4 Å². The summed E-state index contributed by atoms with van der Waals surface area (Å²) in [5.74, 6) is 2.90. The van der Waals surface area contributed by atoms with E-state index < -0.39 is 5.97 Å². The van der Waals surface area contributed by atoms with Crippen LogP contribution >= 0.6 is 0 Å². The fourth-order valence-corrected chi connectivity index (χ4v) is 3.56. The number of hydrogen-bond acceptors (Lipinski definition) is 7. The number of carbonyl (C=O) groups excluding carboxylic acids is 1. The van der Waals surface area contributed by atoms with E-state index in [1.54, 1.807) is 18.2 Å². The molecule has 3 aromatic rings. The van der Waals surface area contributed by atoms with Crippen molar-refractivity contribution in [2.45, 2.75) is 19.4 Å². The average molecular weight is 434 g/mol. The fourth-order valence-electron chi connectivity index (χ4n) is 3.56. The second kappa shape index (κ2) is 9.09. The van der Waals surface area contributed by atoms with Crippen LogP contribution in [0, 0.1) is 0 Å². The molecule has 7 nitrogen and oxygen atoms in total. The highest BCUT2D eigenvalue weighted by Crippen LogP contribution is 2.39. The highest BCUT2D eigenvalue weighted by Gasteiger charge is 2.19. The molecular formula is C25H22O7. The Labute approximate surface area is 185 Å². The third-order valence-electron chi connectivity index (χ3n) is 5.22. The minimum Gasteiger partial charge on any atom is -0.488 e. The average Bonchev–Trinajstić information content (AvgIpc) is 3.49. The number of esters is 1. The Morgan fingerprint density at radius 1 is 0.812 bits per heavy atom. The van der Waals surface area contributed by atoms with Crippen molar-refractivity contribution in [3.63, 3.8) is 0 Å². The topological polar surface area (TPSA) is 72.5 Å². The lowest BCUT2D eigenvalue weighted by atomic mass is 10.1. The summed E-state index contributed by atoms with van der Waals surface area (Å²) >= 11 is 0. The Bertz CT molecular complexity index is 1110. The Morgan fingerprint density at radius 2 is 1.53 bits per heavy atom. The standard InChI is InChI=1S/C25H22O7/c26-25(19-8-9-20-22(12-19)30-15-29-20)27-10-4-7-18-11-23-24(32-16-31-23)13-21(18)28-14-17-5-2-1-3-6-17/h1-3,5-6,8-9,11-13H,4,7,10,14-16H2. The van der Waals surface area contributed by atoms with E-state index in [1.165, 1.54) is 0 Å². The molecule has 0 radical (unpaired) electrons. The zero-order chi connectivity index (χ0) is 21.8. The molecule has 2 aliphatic rings. The second-order valence-corrected chi connectivity index (χ2v) is 7.39. The highest BCUT2D eigenvalue weighted by atomic mass is 16.7. The summed E-state index contributed by atoms with van der Waals surface area (Å²) in [5.41, 5.74) is 2.49. The molecule has 0 saturated carbocycles. The minimum atomic E-state index is -0.394. The molecule has 0 bridgehead atoms. The molecule has 3 aromatic carbocycles. The van der Waals surface area contributed by atoms with Crippen LogP contribution in [-0.4, -0.2) is 26.2 Å². The zero-order valence-electron chi connectivity index (χ0n) is 17.4. The molecule has 0 aliphatic carbocycles. The van der Waals surface area contributed by atoms with E-state index in [2.05, 4.69) is 0 Å². The first kappa shape index (κ1) is 20.1. The predicted molar refractivity (Wildman–Crippen MR) is 115 cm³/mol. The summed E-state index contributed by atoms with van der Waals surface area (Å²) in [4.78, 5) is 12.4. The van der Waals surface area contributed by atoms with Gasteiger partial charge in [0.05, 0.1) is 12.2 Å². The van der Waals surface area contributed by atoms with Crippen LogP contribution in [0.3, 0.4) is 0 Å². The van der Waals surface area contributed by atoms with Crippen molar-refractivity contribution in [3.8, 4) is 28.7 Å². The van der Waals surface area contributed by atoms with Crippen molar-refractivity contribution >= 4 is 5.97 Å². The number of benzene rings is 3. The van der Waals surface area contributed by atoms with Gasteiger partial charge in [0, 0.05) is 6.07 Å². The molecule has 2 aliphatic heterocycles. The molecule has 0 saturated heterocycles. The van der Waals surface area contributed by atoms with Gasteiger partial charge >= 0.3 is 5.97 Å². The molecule has 0 spiro atoms. The van der Waals surface area contributed by atoms with Gasteiger partial charge in [0.2, 0.25) is 13.6 Å². The molecular weight excluding hydrogens is 412 g/mol. The van der Waals surface area contributed by atoms with Crippen LogP contribution in [0.15, 0.2) is 60.7 Å². The summed E-state index contributed by atoms with van der Waals surface area (Å²) in [7, 11) is 0. The third-order valence-corrected chi connectivity index (χ3v) is 5.22. The van der Waals surface area contributed by atoms with Crippen LogP contribution in [0.25, 0.3) is 0 Å². The highest BCUT2D eigenvalue weighted by molar-refractivity contribution is 5.90. The van der Waals surface area contributed by atoms with Crippen LogP contribution in [0.2, 0.25) is 0 Å². The first-order chi connectivity index (χ1) is 15.8. The van der Waals surface area contributed by atoms with Crippen LogP contribution < -0.4 is 23.7 Å². The van der Waals surface area contributed by atoms with E-state index in [9.17, 15) is 4.79 Å². The second-order valence-electron chi connectivity index (χ2n) is 7.39. The SMILES string of the molecule is O=C(OCCCc1cc2c(cc1OCc1ccccc1)OCO2)c1ccc2c(c1)OCO2. The lowest BCUT2D eigenvalue weighted by molar-refractivity contribution is 0.0500. The summed E-state index contributed by atoms with van der Waals surface area (Å²) in [6.45, 7) is 1.09. The van der Waals surface area contributed by atoms with Gasteiger partial charge in [-0.15, -0.1) is 0 Å². The molecule has 32 heavy (non-hydrogen) atoms. The van der Waals surface area contributed by atoms with Gasteiger partial charge in [-0.25, -0.2) is 4.79 Å². The fraction of sp³-hybridized carbons (Fsp3) is 0.240. The molecule has 0 unspecified atom stereocenters. The lowest BCUT2D eigenvalue weighted by Gasteiger charge is -2.13. The molecule has 0 fully saturated rings. The number of rotatable bonds is 8. The van der Waals surface area contributed by atoms with Gasteiger partial charge in [-0.1, -0.05) is 30.3 Å². The first-order valence-electron chi connectivity index (χ1n) is 10.4. The smallest absolute Gasteiger partial charge is 0.338 e. The summed E-state index contributed by atoms with van der Waals surface area (Å²) in [5, 5.41) is 0. The molecule has 164 valence electrons. The summed E-state index contributed by atoms with van der Waals surface area (Å²) in [6.07, 6.45) is 1.30. The van der Waals surface area contributed by atoms with E-state index in [0.29, 0.717) is 48.0 Å². The maximum Gasteiger partial charge on any atom is 0.338 e. The van der Waals surface area contributed by atoms with Crippen LogP contribution in [0.5, 0.6) is 28.7 Å². The zero-order valence-corrected chi connectivity index (χ0v) is 17.4. The van der Waals surface area contributed by atoms with Gasteiger partial charge in [0.15, 0.2) is 23.0 Å². The van der Waals surface area contributed by atoms with Crippen molar-refractivity contribution in [1.29, 1.82) is 0 Å². The molecule has 0 amide bonds. The van der Waals surface area contributed by atoms with Gasteiger partial charge < -0.3 is 28.4 Å². The van der Waals surface area contributed by atoms with Crippen molar-refractivity contribution in [1.82, 2.24) is 0 Å². The Hall–Kier alpha value is -3.87. The minimum absolute atomic E-state index is 0.165. The van der Waals surface area contributed by atoms with E-state index in [1.807, 2.05) is 42.5 Å². The van der Waals surface area contributed by atoms with E-state index in [0.717, 1.165) is 16.9 Å². The largest absolute Gasteiger partial charge is 0.488 e. The molecule has 0 atom stereocenters. The summed E-state index contributed by atoms with van der Waals surface area (Å²) < 4.78 is 33.1. The predicted octanol–water partition coefficient (Wildman–Crippen LogP) is 4.51. The van der Waals surface area contributed by atoms with Gasteiger partial charge in [0.25, 0.3) is 0 Å². The van der Waals surface area contributed by atoms with E-state index >= 15 is 0 Å². The number of ether oxygens (including phenoxy) is 6. The van der Waals surface area contributed by atoms with Crippen molar-refractivity contribution < 1.29 is 33.2 Å². The van der Waals surface area contributed by atoms with Gasteiger partial charge in [-0.2, -0.15) is 0 Å². The Kier molecular flexibility index (Phi) is 5.70. The Morgan fingerprint density at radius 3 is 2.34 bits per heavy atom. The first-order valence-corrected chi connectivity index (χ1v) is 10.4. The number of fused-ring (bicyclic) bond motifs is 2. The van der Waals surface area contributed by atoms with Gasteiger partial charge in [-0.3, -0.25) is 0 Å². The molecule has 0 aromatic heterocycles.